The number of imide groups is 1. The fraction of sp³-hybridized carbons (Fsp3) is 0.240. The van der Waals surface area contributed by atoms with E-state index in [-0.39, 0.29) is 17.4 Å². The van der Waals surface area contributed by atoms with Gasteiger partial charge in [-0.2, -0.15) is 0 Å². The Balaban J connectivity index is 1.47. The number of likely N-dealkylation sites (tertiary alicyclic amines) is 1. The molecule has 3 heterocycles. The molecule has 1 aromatic heterocycles. The smallest absolute Gasteiger partial charge is 0.323 e. The molecule has 37 heavy (non-hydrogen) atoms. The Kier molecular flexibility index (Phi) is 6.61. The first-order valence-corrected chi connectivity index (χ1v) is 13.0. The Morgan fingerprint density at radius 1 is 1.08 bits per heavy atom. The van der Waals surface area contributed by atoms with Gasteiger partial charge in [-0.05, 0) is 24.6 Å². The fourth-order valence-corrected chi connectivity index (χ4v) is 7.14. The van der Waals surface area contributed by atoms with E-state index in [1.54, 1.807) is 30.3 Å². The largest absolute Gasteiger partial charge is 0.483 e. The van der Waals surface area contributed by atoms with Crippen molar-refractivity contribution in [2.75, 3.05) is 18.5 Å². The van der Waals surface area contributed by atoms with Crippen LogP contribution in [0.15, 0.2) is 58.4 Å². The van der Waals surface area contributed by atoms with Crippen molar-refractivity contribution in [3.63, 3.8) is 0 Å². The number of fused-ring (bicyclic) bond motifs is 2. The number of carbonyl (C=O) groups excluding carboxylic acids is 3. The molecule has 10 nitrogen and oxygen atoms in total. The van der Waals surface area contributed by atoms with Gasteiger partial charge < -0.3 is 20.1 Å². The summed E-state index contributed by atoms with van der Waals surface area (Å²) in [7, 11) is 0. The standard InChI is InChI=1S/C25H21N3O7S2/c1-12-6-2-4-8-14(12)26-16(29)11-35-15-9-5-3-7-13(15)18-19-21(36-22-20(18)37-25(34)27-22)24(33)28(23(19)32)10-17(30)31/h2-9,18-19,21H,10-11H2,1H3,(H,26,29)(H,27,34)(H,30,31)/t18-,19+,21-/m0/s1. The van der Waals surface area contributed by atoms with Gasteiger partial charge in [0, 0.05) is 22.0 Å². The van der Waals surface area contributed by atoms with Crippen LogP contribution in [-0.2, 0) is 19.2 Å². The molecule has 0 spiro atoms. The lowest BCUT2D eigenvalue weighted by molar-refractivity contribution is -0.149. The summed E-state index contributed by atoms with van der Waals surface area (Å²) in [5.41, 5.74) is 2.08. The summed E-state index contributed by atoms with van der Waals surface area (Å²) < 4.78 is 5.88. The lowest BCUT2D eigenvalue weighted by Gasteiger charge is -2.30. The number of rotatable bonds is 7. The highest BCUT2D eigenvalue weighted by atomic mass is 32.2. The first-order valence-electron chi connectivity index (χ1n) is 11.3. The van der Waals surface area contributed by atoms with E-state index in [0.29, 0.717) is 26.9 Å². The molecule has 2 aromatic carbocycles. The van der Waals surface area contributed by atoms with Crippen LogP contribution in [0.5, 0.6) is 5.75 Å². The number of benzene rings is 2. The summed E-state index contributed by atoms with van der Waals surface area (Å²) in [6, 6.07) is 14.1. The summed E-state index contributed by atoms with van der Waals surface area (Å²) in [6.45, 7) is 0.825. The van der Waals surface area contributed by atoms with Gasteiger partial charge in [0.25, 0.3) is 5.91 Å². The van der Waals surface area contributed by atoms with Gasteiger partial charge in [-0.3, -0.25) is 28.9 Å². The third-order valence-electron chi connectivity index (χ3n) is 6.24. The van der Waals surface area contributed by atoms with Gasteiger partial charge in [-0.15, -0.1) is 0 Å². The molecule has 3 aromatic rings. The third kappa shape index (κ3) is 4.65. The number of carboxylic acid groups (broad SMARTS) is 1. The number of thiazole rings is 1. The molecule has 0 unspecified atom stereocenters. The molecule has 12 heteroatoms. The van der Waals surface area contributed by atoms with Crippen LogP contribution in [0.1, 0.15) is 21.9 Å². The summed E-state index contributed by atoms with van der Waals surface area (Å²) in [5.74, 6) is -4.25. The maximum Gasteiger partial charge on any atom is 0.323 e. The average Bonchev–Trinajstić information content (AvgIpc) is 3.35. The summed E-state index contributed by atoms with van der Waals surface area (Å²) in [6.07, 6.45) is 0. The Morgan fingerprint density at radius 3 is 2.57 bits per heavy atom. The van der Waals surface area contributed by atoms with Crippen LogP contribution in [0.2, 0.25) is 0 Å². The van der Waals surface area contributed by atoms with Crippen molar-refractivity contribution in [1.29, 1.82) is 0 Å². The molecule has 0 bridgehead atoms. The van der Waals surface area contributed by atoms with Gasteiger partial charge in [0.05, 0.1) is 10.9 Å². The van der Waals surface area contributed by atoms with E-state index in [9.17, 15) is 29.1 Å². The van der Waals surface area contributed by atoms with E-state index >= 15 is 0 Å². The molecule has 5 rings (SSSR count). The Labute approximate surface area is 218 Å². The van der Waals surface area contributed by atoms with Crippen LogP contribution < -0.4 is 14.9 Å². The van der Waals surface area contributed by atoms with Gasteiger partial charge in [-0.25, -0.2) is 0 Å². The SMILES string of the molecule is Cc1ccccc1NC(=O)COc1ccccc1[C@@H]1c2sc(=O)[nH]c2S[C@@H]2C(=O)N(CC(=O)O)C(=O)[C@H]12. The number of carbonyl (C=O) groups is 4. The fourth-order valence-electron chi connectivity index (χ4n) is 4.61. The molecule has 2 aliphatic rings. The minimum atomic E-state index is -1.30. The number of aromatic amines is 1. The van der Waals surface area contributed by atoms with E-state index < -0.39 is 41.4 Å². The molecule has 1 saturated heterocycles. The number of H-pyrrole nitrogens is 1. The van der Waals surface area contributed by atoms with Crippen molar-refractivity contribution in [1.82, 2.24) is 9.88 Å². The predicted octanol–water partition coefficient (Wildman–Crippen LogP) is 2.44. The van der Waals surface area contributed by atoms with E-state index in [4.69, 9.17) is 4.74 Å². The van der Waals surface area contributed by atoms with Gasteiger partial charge in [-0.1, -0.05) is 59.5 Å². The molecule has 3 atom stereocenters. The molecule has 0 aliphatic carbocycles. The monoisotopic (exact) mass is 539 g/mol. The second kappa shape index (κ2) is 9.87. The van der Waals surface area contributed by atoms with Crippen LogP contribution in [0.25, 0.3) is 0 Å². The third-order valence-corrected chi connectivity index (χ3v) is 8.64. The lowest BCUT2D eigenvalue weighted by atomic mass is 9.82. The molecule has 3 amide bonds. The van der Waals surface area contributed by atoms with Crippen molar-refractivity contribution in [3.8, 4) is 5.75 Å². The number of aromatic nitrogens is 1. The molecule has 0 radical (unpaired) electrons. The number of nitrogens with zero attached hydrogens (tertiary/aromatic N) is 1. The highest BCUT2D eigenvalue weighted by Crippen LogP contribution is 2.53. The minimum Gasteiger partial charge on any atom is -0.483 e. The maximum atomic E-state index is 13.3. The number of aryl methyl sites for hydroxylation is 1. The Bertz CT molecular complexity index is 1480. The highest BCUT2D eigenvalue weighted by molar-refractivity contribution is 8.00. The van der Waals surface area contributed by atoms with E-state index in [1.807, 2.05) is 25.1 Å². The number of carboxylic acids is 1. The first kappa shape index (κ1) is 24.8. The number of thioether (sulfide) groups is 1. The molecule has 2 aliphatic heterocycles. The zero-order valence-corrected chi connectivity index (χ0v) is 21.1. The number of hydrogen-bond donors (Lipinski definition) is 3. The molecule has 0 saturated carbocycles. The normalized spacial score (nSPS) is 20.4. The van der Waals surface area contributed by atoms with Crippen LogP contribution in [-0.4, -0.2) is 57.1 Å². The van der Waals surface area contributed by atoms with Crippen LogP contribution >= 0.6 is 23.1 Å². The Hall–Kier alpha value is -3.90. The van der Waals surface area contributed by atoms with E-state index in [0.717, 1.165) is 33.6 Å². The highest BCUT2D eigenvalue weighted by Gasteiger charge is 2.56. The van der Waals surface area contributed by atoms with Gasteiger partial charge in [0.1, 0.15) is 17.5 Å². The number of aliphatic carboxylic acids is 1. The van der Waals surface area contributed by atoms with Crippen LogP contribution in [0.4, 0.5) is 5.69 Å². The van der Waals surface area contributed by atoms with Crippen molar-refractivity contribution in [3.05, 3.63) is 74.2 Å². The van der Waals surface area contributed by atoms with Crippen LogP contribution in [0, 0.1) is 12.8 Å². The van der Waals surface area contributed by atoms with Crippen LogP contribution in [0.3, 0.4) is 0 Å². The molecule has 190 valence electrons. The molecular weight excluding hydrogens is 518 g/mol. The number of anilines is 1. The molecule has 3 N–H and O–H groups in total. The zero-order valence-electron chi connectivity index (χ0n) is 19.4. The zero-order chi connectivity index (χ0) is 26.3. The summed E-state index contributed by atoms with van der Waals surface area (Å²) in [5, 5.41) is 11.6. The molecule has 1 fully saturated rings. The van der Waals surface area contributed by atoms with Gasteiger partial charge >= 0.3 is 10.8 Å². The summed E-state index contributed by atoms with van der Waals surface area (Å²) in [4.78, 5) is 66.2. The molecular formula is C25H21N3O7S2. The first-order chi connectivity index (χ1) is 17.7. The van der Waals surface area contributed by atoms with E-state index in [1.165, 1.54) is 0 Å². The van der Waals surface area contributed by atoms with Gasteiger partial charge in [0.15, 0.2) is 6.61 Å². The Morgan fingerprint density at radius 2 is 1.81 bits per heavy atom. The van der Waals surface area contributed by atoms with Crippen molar-refractivity contribution in [2.45, 2.75) is 23.1 Å². The summed E-state index contributed by atoms with van der Waals surface area (Å²) >= 11 is 1.99. The van der Waals surface area contributed by atoms with E-state index in [2.05, 4.69) is 10.3 Å². The van der Waals surface area contributed by atoms with Crippen molar-refractivity contribution >= 4 is 52.5 Å². The minimum absolute atomic E-state index is 0.310. The number of amides is 3. The average molecular weight is 540 g/mol. The topological polar surface area (TPSA) is 146 Å². The number of nitrogens with one attached hydrogen (secondary N) is 2. The maximum absolute atomic E-state index is 13.3. The van der Waals surface area contributed by atoms with Crippen molar-refractivity contribution < 1.29 is 29.0 Å². The number of ether oxygens (including phenoxy) is 1. The van der Waals surface area contributed by atoms with Gasteiger partial charge in [0.2, 0.25) is 11.8 Å². The second-order valence-electron chi connectivity index (χ2n) is 8.60. The predicted molar refractivity (Wildman–Crippen MR) is 136 cm³/mol. The number of para-hydroxylation sites is 2. The van der Waals surface area contributed by atoms with Crippen molar-refractivity contribution in [2.24, 2.45) is 5.92 Å². The number of hydrogen-bond acceptors (Lipinski definition) is 8. The lowest BCUT2D eigenvalue weighted by Crippen LogP contribution is -2.36. The quantitative estimate of drug-likeness (QED) is 0.388. The second-order valence-corrected chi connectivity index (χ2v) is 10.8.